The number of hydrogen-bond donors (Lipinski definition) is 1. The van der Waals surface area contributed by atoms with Crippen molar-refractivity contribution < 1.29 is 31.8 Å². The van der Waals surface area contributed by atoms with Gasteiger partial charge in [-0.2, -0.15) is 22.8 Å². The van der Waals surface area contributed by atoms with Gasteiger partial charge in [-0.05, 0) is 25.0 Å². The summed E-state index contributed by atoms with van der Waals surface area (Å²) < 4.78 is 77.1. The third-order valence-electron chi connectivity index (χ3n) is 5.03. The Morgan fingerprint density at radius 1 is 1.22 bits per heavy atom. The maximum absolute atomic E-state index is 14.4. The van der Waals surface area contributed by atoms with Gasteiger partial charge in [-0.15, -0.1) is 0 Å². The van der Waals surface area contributed by atoms with Crippen LogP contribution in [-0.2, 0) is 17.9 Å². The van der Waals surface area contributed by atoms with E-state index in [2.05, 4.69) is 4.98 Å². The monoisotopic (exact) mass is 382 g/mol. The van der Waals surface area contributed by atoms with Crippen molar-refractivity contribution in [3.63, 3.8) is 0 Å². The Kier molecular flexibility index (Phi) is 3.53. The molecule has 0 bridgehead atoms. The van der Waals surface area contributed by atoms with Gasteiger partial charge in [-0.3, -0.25) is 4.98 Å². The Morgan fingerprint density at radius 3 is 2.67 bits per heavy atom. The van der Waals surface area contributed by atoms with E-state index in [4.69, 9.17) is 10.00 Å². The van der Waals surface area contributed by atoms with Crippen molar-refractivity contribution in [2.45, 2.75) is 36.5 Å². The van der Waals surface area contributed by atoms with Crippen molar-refractivity contribution in [3.8, 4) is 17.6 Å². The van der Waals surface area contributed by atoms with E-state index in [0.29, 0.717) is 6.07 Å². The van der Waals surface area contributed by atoms with Crippen LogP contribution in [0.2, 0.25) is 0 Å². The first-order valence-corrected chi connectivity index (χ1v) is 7.96. The largest absolute Gasteiger partial charge is 0.455 e. The van der Waals surface area contributed by atoms with E-state index in [1.807, 2.05) is 6.07 Å². The molecule has 1 aromatic carbocycles. The van der Waals surface area contributed by atoms with Crippen LogP contribution in [-0.4, -0.2) is 22.2 Å². The van der Waals surface area contributed by atoms with E-state index in [1.165, 1.54) is 18.5 Å². The summed E-state index contributed by atoms with van der Waals surface area (Å²) >= 11 is 0. The summed E-state index contributed by atoms with van der Waals surface area (Å²) in [5, 5.41) is 19.3. The molecule has 0 saturated carbocycles. The molecule has 9 heteroatoms. The van der Waals surface area contributed by atoms with Gasteiger partial charge in [-0.25, -0.2) is 4.39 Å². The van der Waals surface area contributed by atoms with Crippen LogP contribution in [0.15, 0.2) is 30.6 Å². The fourth-order valence-corrected chi connectivity index (χ4v) is 3.73. The van der Waals surface area contributed by atoms with E-state index in [1.54, 1.807) is 0 Å². The van der Waals surface area contributed by atoms with Crippen LogP contribution in [0, 0.1) is 11.3 Å². The summed E-state index contributed by atoms with van der Waals surface area (Å²) in [6.45, 7) is 0. The number of alkyl halides is 5. The molecule has 0 amide bonds. The highest BCUT2D eigenvalue weighted by molar-refractivity contribution is 5.58. The van der Waals surface area contributed by atoms with Gasteiger partial charge in [0.1, 0.15) is 23.7 Å². The second-order valence-electron chi connectivity index (χ2n) is 6.51. The lowest BCUT2D eigenvalue weighted by Gasteiger charge is -2.38. The van der Waals surface area contributed by atoms with Crippen LogP contribution >= 0.6 is 0 Å². The number of aliphatic hydroxyl groups is 1. The molecule has 2 aliphatic rings. The van der Waals surface area contributed by atoms with E-state index < -0.39 is 41.2 Å². The summed E-state index contributed by atoms with van der Waals surface area (Å²) in [6.07, 6.45) is -0.763. The standard InChI is InChI=1S/C18H11F5N2O2/c19-14-4-1-11-13(27-10-5-9(6-24)7-25-8-10)3-2-12-15(11)16(14,26)18(22,23)17(12,20)21/h2-3,5,7-8,14,26H,1,4H2. The van der Waals surface area contributed by atoms with E-state index in [-0.39, 0.29) is 29.0 Å². The molecule has 4 nitrogen and oxygen atoms in total. The quantitative estimate of drug-likeness (QED) is 0.799. The van der Waals surface area contributed by atoms with Crippen molar-refractivity contribution in [3.05, 3.63) is 52.8 Å². The van der Waals surface area contributed by atoms with Crippen LogP contribution in [0.1, 0.15) is 28.7 Å². The molecular weight excluding hydrogens is 371 g/mol. The minimum atomic E-state index is -5.00. The number of pyridine rings is 1. The molecule has 1 N–H and O–H groups in total. The molecule has 0 spiro atoms. The lowest BCUT2D eigenvalue weighted by atomic mass is 9.77. The zero-order chi connectivity index (χ0) is 19.6. The average molecular weight is 382 g/mol. The van der Waals surface area contributed by atoms with Crippen LogP contribution in [0.3, 0.4) is 0 Å². The number of benzene rings is 1. The highest BCUT2D eigenvalue weighted by Crippen LogP contribution is 2.65. The molecule has 2 aromatic rings. The Labute approximate surface area is 149 Å². The third kappa shape index (κ3) is 2.07. The van der Waals surface area contributed by atoms with Crippen molar-refractivity contribution in [2.75, 3.05) is 0 Å². The SMILES string of the molecule is N#Cc1cncc(Oc2ccc3c4c2CCC(F)C4(O)C(F)(F)C3(F)F)c1. The van der Waals surface area contributed by atoms with Crippen LogP contribution < -0.4 is 4.74 Å². The van der Waals surface area contributed by atoms with Crippen molar-refractivity contribution in [2.24, 2.45) is 0 Å². The molecular formula is C18H11F5N2O2. The molecule has 0 saturated heterocycles. The number of halogens is 5. The molecule has 0 aliphatic heterocycles. The van der Waals surface area contributed by atoms with Crippen molar-refractivity contribution >= 4 is 0 Å². The van der Waals surface area contributed by atoms with Gasteiger partial charge in [0.15, 0.2) is 5.60 Å². The summed E-state index contributed by atoms with van der Waals surface area (Å²) in [4.78, 5) is 3.78. The van der Waals surface area contributed by atoms with Crippen LogP contribution in [0.25, 0.3) is 0 Å². The van der Waals surface area contributed by atoms with Gasteiger partial charge < -0.3 is 9.84 Å². The Bertz CT molecular complexity index is 988. The van der Waals surface area contributed by atoms with Crippen molar-refractivity contribution in [1.29, 1.82) is 5.26 Å². The summed E-state index contributed by atoms with van der Waals surface area (Å²) in [5.74, 6) is -9.73. The first kappa shape index (κ1) is 17.7. The first-order chi connectivity index (χ1) is 12.6. The number of rotatable bonds is 2. The highest BCUT2D eigenvalue weighted by atomic mass is 19.3. The normalized spacial score (nSPS) is 26.9. The second kappa shape index (κ2) is 5.39. The first-order valence-electron chi connectivity index (χ1n) is 7.96. The van der Waals surface area contributed by atoms with Gasteiger partial charge in [0.25, 0.3) is 0 Å². The van der Waals surface area contributed by atoms with Gasteiger partial charge >= 0.3 is 11.8 Å². The van der Waals surface area contributed by atoms with E-state index in [9.17, 15) is 27.1 Å². The van der Waals surface area contributed by atoms with Crippen LogP contribution in [0.4, 0.5) is 22.0 Å². The molecule has 0 radical (unpaired) electrons. The lowest BCUT2D eigenvalue weighted by Crippen LogP contribution is -2.55. The van der Waals surface area contributed by atoms with E-state index in [0.717, 1.165) is 6.07 Å². The molecule has 4 rings (SSSR count). The second-order valence-corrected chi connectivity index (χ2v) is 6.51. The zero-order valence-electron chi connectivity index (χ0n) is 13.5. The lowest BCUT2D eigenvalue weighted by molar-refractivity contribution is -0.302. The van der Waals surface area contributed by atoms with Gasteiger partial charge in [0.2, 0.25) is 0 Å². The smallest absolute Gasteiger partial charge is 0.349 e. The molecule has 1 aromatic heterocycles. The number of nitriles is 1. The average Bonchev–Trinajstić information content (AvgIpc) is 2.76. The maximum Gasteiger partial charge on any atom is 0.349 e. The number of ether oxygens (including phenoxy) is 1. The van der Waals surface area contributed by atoms with Crippen LogP contribution in [0.5, 0.6) is 11.5 Å². The fourth-order valence-electron chi connectivity index (χ4n) is 3.73. The predicted octanol–water partition coefficient (Wildman–Crippen LogP) is 3.96. The Hall–Kier alpha value is -2.73. The van der Waals surface area contributed by atoms with Gasteiger partial charge in [-0.1, -0.05) is 0 Å². The Balaban J connectivity index is 1.89. The zero-order valence-corrected chi connectivity index (χ0v) is 13.5. The molecule has 1 heterocycles. The molecule has 2 atom stereocenters. The third-order valence-corrected chi connectivity index (χ3v) is 5.03. The topological polar surface area (TPSA) is 66.1 Å². The number of aromatic nitrogens is 1. The summed E-state index contributed by atoms with van der Waals surface area (Å²) in [7, 11) is 0. The van der Waals surface area contributed by atoms with Crippen molar-refractivity contribution in [1.82, 2.24) is 4.98 Å². The summed E-state index contributed by atoms with van der Waals surface area (Å²) in [6, 6.07) is 4.95. The minimum absolute atomic E-state index is 0.0766. The fraction of sp³-hybridized carbons (Fsp3) is 0.333. The number of hydrogen-bond acceptors (Lipinski definition) is 4. The minimum Gasteiger partial charge on any atom is -0.455 e. The Morgan fingerprint density at radius 2 is 1.96 bits per heavy atom. The highest BCUT2D eigenvalue weighted by Gasteiger charge is 2.79. The molecule has 140 valence electrons. The predicted molar refractivity (Wildman–Crippen MR) is 81.4 cm³/mol. The molecule has 0 fully saturated rings. The number of nitrogens with zero attached hydrogens (tertiary/aromatic N) is 2. The molecule has 27 heavy (non-hydrogen) atoms. The van der Waals surface area contributed by atoms with Gasteiger partial charge in [0.05, 0.1) is 11.8 Å². The maximum atomic E-state index is 14.4. The molecule has 2 unspecified atom stereocenters. The van der Waals surface area contributed by atoms with E-state index >= 15 is 0 Å². The summed E-state index contributed by atoms with van der Waals surface area (Å²) in [5.41, 5.74) is -5.50. The van der Waals surface area contributed by atoms with Gasteiger partial charge in [0, 0.05) is 29.0 Å². The molecule has 2 aliphatic carbocycles.